The summed E-state index contributed by atoms with van der Waals surface area (Å²) in [7, 11) is 3.53. The van der Waals surface area contributed by atoms with E-state index in [0.29, 0.717) is 26.1 Å². The van der Waals surface area contributed by atoms with Gasteiger partial charge in [0, 0.05) is 44.6 Å². The second kappa shape index (κ2) is 7.75. The minimum absolute atomic E-state index is 0.00439. The Morgan fingerprint density at radius 1 is 1.48 bits per heavy atom. The van der Waals surface area contributed by atoms with Crippen LogP contribution in [-0.4, -0.2) is 74.1 Å². The van der Waals surface area contributed by atoms with Crippen LogP contribution in [0.4, 0.5) is 0 Å². The van der Waals surface area contributed by atoms with Crippen LogP contribution < -0.4 is 5.32 Å². The Labute approximate surface area is 127 Å². The van der Waals surface area contributed by atoms with Crippen LogP contribution in [0, 0.1) is 5.92 Å². The van der Waals surface area contributed by atoms with E-state index >= 15 is 0 Å². The van der Waals surface area contributed by atoms with Crippen molar-refractivity contribution in [2.24, 2.45) is 5.92 Å². The molecule has 0 aliphatic carbocycles. The summed E-state index contributed by atoms with van der Waals surface area (Å²) in [5.74, 6) is 0.388. The van der Waals surface area contributed by atoms with Crippen molar-refractivity contribution in [3.05, 3.63) is 0 Å². The summed E-state index contributed by atoms with van der Waals surface area (Å²) < 4.78 is 4.97. The molecule has 1 aliphatic heterocycles. The molecule has 2 amide bonds. The third-order valence-corrected chi connectivity index (χ3v) is 3.69. The van der Waals surface area contributed by atoms with Gasteiger partial charge in [0.15, 0.2) is 0 Å². The molecular formula is C15H29N3O3. The van der Waals surface area contributed by atoms with Gasteiger partial charge in [-0.1, -0.05) is 0 Å². The van der Waals surface area contributed by atoms with Crippen molar-refractivity contribution in [3.63, 3.8) is 0 Å². The molecule has 1 saturated heterocycles. The summed E-state index contributed by atoms with van der Waals surface area (Å²) in [5, 5.41) is 2.92. The average Bonchev–Trinajstić information content (AvgIpc) is 2.75. The van der Waals surface area contributed by atoms with E-state index in [-0.39, 0.29) is 23.3 Å². The predicted octanol–water partition coefficient (Wildman–Crippen LogP) is 0.328. The van der Waals surface area contributed by atoms with Gasteiger partial charge in [0.1, 0.15) is 0 Å². The fourth-order valence-electron chi connectivity index (χ4n) is 2.45. The van der Waals surface area contributed by atoms with Crippen molar-refractivity contribution in [2.75, 3.05) is 46.9 Å². The zero-order valence-corrected chi connectivity index (χ0v) is 13.9. The van der Waals surface area contributed by atoms with E-state index in [2.05, 4.69) is 5.32 Å². The topological polar surface area (TPSA) is 61.9 Å². The molecule has 1 atom stereocenters. The summed E-state index contributed by atoms with van der Waals surface area (Å²) >= 11 is 0. The number of likely N-dealkylation sites (N-methyl/N-ethyl adjacent to an activating group) is 1. The fraction of sp³-hybridized carbons (Fsp3) is 0.867. The predicted molar refractivity (Wildman–Crippen MR) is 82.0 cm³/mol. The number of likely N-dealkylation sites (tertiary alicyclic amines) is 1. The summed E-state index contributed by atoms with van der Waals surface area (Å²) in [6, 6.07) is 0. The molecule has 122 valence electrons. The highest BCUT2D eigenvalue weighted by molar-refractivity contribution is 5.80. The number of carbonyl (C=O) groups is 2. The summed E-state index contributed by atoms with van der Waals surface area (Å²) in [5.41, 5.74) is -0.143. The second-order valence-electron chi connectivity index (χ2n) is 6.78. The van der Waals surface area contributed by atoms with Crippen molar-refractivity contribution in [3.8, 4) is 0 Å². The minimum Gasteiger partial charge on any atom is -0.383 e. The Balaban J connectivity index is 2.30. The highest BCUT2D eigenvalue weighted by Gasteiger charge is 2.36. The van der Waals surface area contributed by atoms with Gasteiger partial charge >= 0.3 is 0 Å². The Morgan fingerprint density at radius 2 is 2.14 bits per heavy atom. The van der Waals surface area contributed by atoms with Crippen LogP contribution in [-0.2, 0) is 14.3 Å². The van der Waals surface area contributed by atoms with Gasteiger partial charge in [0.2, 0.25) is 11.8 Å². The molecule has 0 aromatic heterocycles. The van der Waals surface area contributed by atoms with Gasteiger partial charge in [-0.25, -0.2) is 0 Å². The Morgan fingerprint density at radius 3 is 2.67 bits per heavy atom. The molecule has 0 aromatic rings. The first kappa shape index (κ1) is 17.9. The second-order valence-corrected chi connectivity index (χ2v) is 6.78. The average molecular weight is 299 g/mol. The van der Waals surface area contributed by atoms with Crippen molar-refractivity contribution >= 4 is 11.8 Å². The first-order valence-electron chi connectivity index (χ1n) is 7.48. The quantitative estimate of drug-likeness (QED) is 0.736. The highest BCUT2D eigenvalue weighted by atomic mass is 16.5. The van der Waals surface area contributed by atoms with E-state index in [1.54, 1.807) is 7.11 Å². The third-order valence-electron chi connectivity index (χ3n) is 3.69. The van der Waals surface area contributed by atoms with Crippen LogP contribution in [0.3, 0.4) is 0 Å². The number of nitrogens with one attached hydrogen (secondary N) is 1. The van der Waals surface area contributed by atoms with E-state index in [0.717, 1.165) is 13.1 Å². The number of hydrogen-bond donors (Lipinski definition) is 1. The van der Waals surface area contributed by atoms with E-state index < -0.39 is 0 Å². The number of methoxy groups -OCH3 is 1. The SMILES string of the molecule is COCCN(C)CC(=O)NCC1CC(=O)N(C(C)(C)C)C1. The number of amides is 2. The normalized spacial score (nSPS) is 19.4. The number of ether oxygens (including phenoxy) is 1. The molecule has 1 fully saturated rings. The third kappa shape index (κ3) is 6.01. The Hall–Kier alpha value is -1.14. The lowest BCUT2D eigenvalue weighted by Crippen LogP contribution is -2.43. The van der Waals surface area contributed by atoms with Gasteiger partial charge in [0.25, 0.3) is 0 Å². The maximum Gasteiger partial charge on any atom is 0.234 e. The number of nitrogens with zero attached hydrogens (tertiary/aromatic N) is 2. The smallest absolute Gasteiger partial charge is 0.234 e. The van der Waals surface area contributed by atoms with Crippen LogP contribution in [0.25, 0.3) is 0 Å². The van der Waals surface area contributed by atoms with Crippen LogP contribution in [0.1, 0.15) is 27.2 Å². The number of rotatable bonds is 7. The summed E-state index contributed by atoms with van der Waals surface area (Å²) in [6.45, 7) is 9.10. The molecule has 1 heterocycles. The van der Waals surface area contributed by atoms with Crippen LogP contribution in [0.15, 0.2) is 0 Å². The van der Waals surface area contributed by atoms with E-state index in [9.17, 15) is 9.59 Å². The van der Waals surface area contributed by atoms with Crippen molar-refractivity contribution < 1.29 is 14.3 Å². The van der Waals surface area contributed by atoms with Crippen molar-refractivity contribution in [2.45, 2.75) is 32.7 Å². The van der Waals surface area contributed by atoms with Crippen molar-refractivity contribution in [1.82, 2.24) is 15.1 Å². The molecule has 0 spiro atoms. The summed E-state index contributed by atoms with van der Waals surface area (Å²) in [6.07, 6.45) is 0.525. The lowest BCUT2D eigenvalue weighted by Gasteiger charge is -2.32. The molecule has 21 heavy (non-hydrogen) atoms. The van der Waals surface area contributed by atoms with E-state index in [1.165, 1.54) is 0 Å². The fourth-order valence-corrected chi connectivity index (χ4v) is 2.45. The van der Waals surface area contributed by atoms with Gasteiger partial charge in [-0.05, 0) is 27.8 Å². The Kier molecular flexibility index (Phi) is 6.61. The van der Waals surface area contributed by atoms with Crippen LogP contribution >= 0.6 is 0 Å². The largest absolute Gasteiger partial charge is 0.383 e. The standard InChI is InChI=1S/C15H29N3O3/c1-15(2,3)18-10-12(8-14(18)20)9-16-13(19)11-17(4)6-7-21-5/h12H,6-11H2,1-5H3,(H,16,19). The first-order valence-corrected chi connectivity index (χ1v) is 7.48. The van der Waals surface area contributed by atoms with Gasteiger partial charge in [-0.2, -0.15) is 0 Å². The zero-order valence-electron chi connectivity index (χ0n) is 13.9. The molecule has 0 radical (unpaired) electrons. The molecule has 1 aliphatic rings. The molecule has 1 unspecified atom stereocenters. The maximum absolute atomic E-state index is 12.0. The lowest BCUT2D eigenvalue weighted by atomic mass is 10.1. The molecule has 0 aromatic carbocycles. The number of hydrogen-bond acceptors (Lipinski definition) is 4. The highest BCUT2D eigenvalue weighted by Crippen LogP contribution is 2.25. The zero-order chi connectivity index (χ0) is 16.0. The molecule has 0 bridgehead atoms. The molecular weight excluding hydrogens is 270 g/mol. The van der Waals surface area contributed by atoms with E-state index in [1.807, 2.05) is 37.6 Å². The first-order chi connectivity index (χ1) is 9.74. The molecule has 1 N–H and O–H groups in total. The van der Waals surface area contributed by atoms with Gasteiger partial charge in [-0.15, -0.1) is 0 Å². The monoisotopic (exact) mass is 299 g/mol. The summed E-state index contributed by atoms with van der Waals surface area (Å²) in [4.78, 5) is 27.6. The molecule has 0 saturated carbocycles. The van der Waals surface area contributed by atoms with Gasteiger partial charge in [-0.3, -0.25) is 14.5 Å². The van der Waals surface area contributed by atoms with Crippen molar-refractivity contribution in [1.29, 1.82) is 0 Å². The molecule has 6 nitrogen and oxygen atoms in total. The van der Waals surface area contributed by atoms with Gasteiger partial charge in [0.05, 0.1) is 13.2 Å². The Bertz CT molecular complexity index is 366. The lowest BCUT2D eigenvalue weighted by molar-refractivity contribution is -0.131. The number of carbonyl (C=O) groups excluding carboxylic acids is 2. The van der Waals surface area contributed by atoms with Gasteiger partial charge < -0.3 is 15.0 Å². The van der Waals surface area contributed by atoms with Crippen LogP contribution in [0.2, 0.25) is 0 Å². The maximum atomic E-state index is 12.0. The van der Waals surface area contributed by atoms with E-state index in [4.69, 9.17) is 4.74 Å². The molecule has 6 heteroatoms. The minimum atomic E-state index is -0.143. The van der Waals surface area contributed by atoms with Crippen LogP contribution in [0.5, 0.6) is 0 Å². The molecule has 1 rings (SSSR count).